The first-order valence-corrected chi connectivity index (χ1v) is 19.8. The Balaban J connectivity index is 1.08. The lowest BCUT2D eigenvalue weighted by atomic mass is 9.81. The molecular formula is C55H40. The van der Waals surface area contributed by atoms with Crippen LogP contribution in [0, 0.1) is 0 Å². The molecule has 0 nitrogen and oxygen atoms in total. The van der Waals surface area contributed by atoms with Gasteiger partial charge in [-0.25, -0.2) is 0 Å². The molecule has 2 aliphatic rings. The lowest BCUT2D eigenvalue weighted by Gasteiger charge is -2.22. The molecule has 0 saturated heterocycles. The molecule has 12 rings (SSSR count). The molecule has 0 bridgehead atoms. The highest BCUT2D eigenvalue weighted by Gasteiger charge is 2.35. The van der Waals surface area contributed by atoms with Gasteiger partial charge in [0, 0.05) is 5.41 Å². The summed E-state index contributed by atoms with van der Waals surface area (Å²) in [5, 5.41) is 13.3. The van der Waals surface area contributed by atoms with Crippen LogP contribution >= 0.6 is 0 Å². The molecule has 2 aliphatic carbocycles. The van der Waals surface area contributed by atoms with E-state index in [1.165, 1.54) is 126 Å². The third-order valence-corrected chi connectivity index (χ3v) is 13.3. The summed E-state index contributed by atoms with van der Waals surface area (Å²) in [5.41, 5.74) is 17.5. The molecule has 0 aliphatic heterocycles. The second-order valence-corrected chi connectivity index (χ2v) is 17.7. The zero-order chi connectivity index (χ0) is 37.0. The maximum atomic E-state index is 2.46. The third kappa shape index (κ3) is 4.07. The zero-order valence-electron chi connectivity index (χ0n) is 31.9. The van der Waals surface area contributed by atoms with Crippen molar-refractivity contribution in [2.75, 3.05) is 0 Å². The summed E-state index contributed by atoms with van der Waals surface area (Å²) in [6.07, 6.45) is 0. The number of hydrogen-bond acceptors (Lipinski definition) is 0. The van der Waals surface area contributed by atoms with E-state index in [-0.39, 0.29) is 10.8 Å². The standard InChI is InChI=1S/C55H40/c1-54(2,3)36-27-34-18-17-31-19-24-43(42-26-22-35(28-36)49(34)50(31)42)51-39-12-6-7-13-40(39)52-44-25-21-32(29-46(44)41-14-10-15-45(51)53(41)52)33-20-23-38-37-11-8-9-16-47(37)55(4,5)48(38)30-33/h6-30H,1-5H3. The summed E-state index contributed by atoms with van der Waals surface area (Å²) in [6.45, 7) is 11.7. The molecule has 10 aromatic carbocycles. The summed E-state index contributed by atoms with van der Waals surface area (Å²) in [5.74, 6) is 0. The average molecular weight is 701 g/mol. The quantitative estimate of drug-likeness (QED) is 0.124. The van der Waals surface area contributed by atoms with Gasteiger partial charge in [0.25, 0.3) is 0 Å². The largest absolute Gasteiger partial charge is 0.0619 e. The van der Waals surface area contributed by atoms with Gasteiger partial charge in [0.15, 0.2) is 0 Å². The van der Waals surface area contributed by atoms with E-state index in [1.54, 1.807) is 0 Å². The fraction of sp³-hybridized carbons (Fsp3) is 0.127. The molecule has 0 amide bonds. The first kappa shape index (κ1) is 31.1. The van der Waals surface area contributed by atoms with E-state index in [9.17, 15) is 0 Å². The predicted octanol–water partition coefficient (Wildman–Crippen LogP) is 15.5. The maximum absolute atomic E-state index is 2.46. The van der Waals surface area contributed by atoms with Crippen LogP contribution in [0.25, 0.3) is 109 Å². The number of hydrogen-bond donors (Lipinski definition) is 0. The zero-order valence-corrected chi connectivity index (χ0v) is 31.9. The van der Waals surface area contributed by atoms with E-state index in [0.29, 0.717) is 0 Å². The van der Waals surface area contributed by atoms with Gasteiger partial charge < -0.3 is 0 Å². The number of rotatable bonds is 2. The van der Waals surface area contributed by atoms with E-state index < -0.39 is 0 Å². The fourth-order valence-corrected chi connectivity index (χ4v) is 10.5. The van der Waals surface area contributed by atoms with Crippen molar-refractivity contribution in [2.45, 2.75) is 45.4 Å². The van der Waals surface area contributed by atoms with Crippen LogP contribution in [0.3, 0.4) is 0 Å². The number of fused-ring (bicyclic) bond motifs is 8. The Morgan fingerprint density at radius 3 is 1.76 bits per heavy atom. The minimum absolute atomic E-state index is 0.0314. The van der Waals surface area contributed by atoms with E-state index >= 15 is 0 Å². The SMILES string of the molecule is CC(C)(C)c1cc2ccc3ccc(-c4c5ccccc5c5c6c(cccc46)-c4cc(-c6ccc7c(c6)C(C)(C)c6ccccc6-7)ccc4-5)c4ccc(c1)c2c34. The van der Waals surface area contributed by atoms with Gasteiger partial charge in [0.2, 0.25) is 0 Å². The predicted molar refractivity (Wildman–Crippen MR) is 237 cm³/mol. The Labute approximate surface area is 322 Å². The monoisotopic (exact) mass is 700 g/mol. The normalized spacial score (nSPS) is 14.1. The van der Waals surface area contributed by atoms with Gasteiger partial charge in [-0.05, 0) is 144 Å². The van der Waals surface area contributed by atoms with Crippen LogP contribution in [-0.4, -0.2) is 0 Å². The molecule has 10 aromatic rings. The lowest BCUT2D eigenvalue weighted by molar-refractivity contribution is 0.591. The van der Waals surface area contributed by atoms with Crippen molar-refractivity contribution in [3.05, 3.63) is 168 Å². The van der Waals surface area contributed by atoms with Crippen molar-refractivity contribution in [3.63, 3.8) is 0 Å². The van der Waals surface area contributed by atoms with Crippen LogP contribution in [0.2, 0.25) is 0 Å². The van der Waals surface area contributed by atoms with E-state index in [1.807, 2.05) is 0 Å². The lowest BCUT2D eigenvalue weighted by Crippen LogP contribution is -2.14. The highest BCUT2D eigenvalue weighted by Crippen LogP contribution is 2.56. The Hall–Kier alpha value is -6.24. The van der Waals surface area contributed by atoms with Gasteiger partial charge in [-0.15, -0.1) is 0 Å². The molecule has 260 valence electrons. The van der Waals surface area contributed by atoms with Crippen LogP contribution in [-0.2, 0) is 10.8 Å². The summed E-state index contributed by atoms with van der Waals surface area (Å²) in [4.78, 5) is 0. The molecule has 0 spiro atoms. The molecule has 0 heterocycles. The highest BCUT2D eigenvalue weighted by molar-refractivity contribution is 6.32. The van der Waals surface area contributed by atoms with Gasteiger partial charge >= 0.3 is 0 Å². The second-order valence-electron chi connectivity index (χ2n) is 17.7. The van der Waals surface area contributed by atoms with Gasteiger partial charge in [0.05, 0.1) is 0 Å². The molecule has 0 atom stereocenters. The molecule has 0 radical (unpaired) electrons. The van der Waals surface area contributed by atoms with E-state index in [2.05, 4.69) is 186 Å². The third-order valence-electron chi connectivity index (χ3n) is 13.3. The van der Waals surface area contributed by atoms with Crippen molar-refractivity contribution >= 4 is 53.9 Å². The van der Waals surface area contributed by atoms with E-state index in [4.69, 9.17) is 0 Å². The Kier molecular flexibility index (Phi) is 5.94. The van der Waals surface area contributed by atoms with Crippen LogP contribution in [0.1, 0.15) is 51.3 Å². The van der Waals surface area contributed by atoms with Crippen LogP contribution in [0.5, 0.6) is 0 Å². The topological polar surface area (TPSA) is 0 Å². The molecule has 0 aromatic heterocycles. The number of benzene rings is 10. The maximum Gasteiger partial charge on any atom is 0.0159 e. The van der Waals surface area contributed by atoms with Gasteiger partial charge in [0.1, 0.15) is 0 Å². The molecule has 55 heavy (non-hydrogen) atoms. The fourth-order valence-electron chi connectivity index (χ4n) is 10.5. The Morgan fingerprint density at radius 2 is 0.964 bits per heavy atom. The van der Waals surface area contributed by atoms with Gasteiger partial charge in [-0.2, -0.15) is 0 Å². The molecule has 0 unspecified atom stereocenters. The highest BCUT2D eigenvalue weighted by atomic mass is 14.4. The minimum Gasteiger partial charge on any atom is -0.0619 e. The molecule has 0 heteroatoms. The summed E-state index contributed by atoms with van der Waals surface area (Å²) in [7, 11) is 0. The summed E-state index contributed by atoms with van der Waals surface area (Å²) in [6, 6.07) is 58.3. The first-order chi connectivity index (χ1) is 26.7. The van der Waals surface area contributed by atoms with Crippen molar-refractivity contribution < 1.29 is 0 Å². The Bertz CT molecular complexity index is 3290. The van der Waals surface area contributed by atoms with E-state index in [0.717, 1.165) is 0 Å². The second kappa shape index (κ2) is 10.5. The van der Waals surface area contributed by atoms with Crippen LogP contribution < -0.4 is 0 Å². The smallest absolute Gasteiger partial charge is 0.0159 e. The average Bonchev–Trinajstić information content (AvgIpc) is 3.65. The Morgan fingerprint density at radius 1 is 0.364 bits per heavy atom. The molecule has 0 fully saturated rings. The molecule has 0 N–H and O–H groups in total. The van der Waals surface area contributed by atoms with Gasteiger partial charge in [-0.3, -0.25) is 0 Å². The van der Waals surface area contributed by atoms with Crippen molar-refractivity contribution in [1.29, 1.82) is 0 Å². The van der Waals surface area contributed by atoms with Gasteiger partial charge in [-0.1, -0.05) is 174 Å². The van der Waals surface area contributed by atoms with Crippen molar-refractivity contribution in [1.82, 2.24) is 0 Å². The summed E-state index contributed by atoms with van der Waals surface area (Å²) < 4.78 is 0. The molecule has 0 saturated carbocycles. The van der Waals surface area contributed by atoms with Crippen molar-refractivity contribution in [3.8, 4) is 55.6 Å². The molecular weight excluding hydrogens is 661 g/mol. The minimum atomic E-state index is -0.0314. The van der Waals surface area contributed by atoms with Crippen LogP contribution in [0.15, 0.2) is 152 Å². The van der Waals surface area contributed by atoms with Crippen molar-refractivity contribution in [2.24, 2.45) is 0 Å². The van der Waals surface area contributed by atoms with Crippen LogP contribution in [0.4, 0.5) is 0 Å². The first-order valence-electron chi connectivity index (χ1n) is 19.8. The summed E-state index contributed by atoms with van der Waals surface area (Å²) >= 11 is 0.